The number of likely N-dealkylation sites (N-methyl/N-ethyl adjacent to an activating group) is 1. The highest BCUT2D eigenvalue weighted by atomic mass is 16.5. The maximum atomic E-state index is 12.2. The van der Waals surface area contributed by atoms with Crippen LogP contribution in [0.3, 0.4) is 0 Å². The molecule has 0 aliphatic carbocycles. The van der Waals surface area contributed by atoms with Crippen molar-refractivity contribution in [1.82, 2.24) is 9.80 Å². The zero-order valence-electron chi connectivity index (χ0n) is 12.0. The maximum Gasteiger partial charge on any atom is 0.325 e. The number of likely N-dealkylation sites (tertiary alicyclic amines) is 1. The molecule has 0 saturated carbocycles. The second kappa shape index (κ2) is 7.72. The van der Waals surface area contributed by atoms with E-state index in [9.17, 15) is 14.4 Å². The Balaban J connectivity index is 2.47. The Hall–Kier alpha value is -1.79. The third-order valence-corrected chi connectivity index (χ3v) is 3.52. The Labute approximate surface area is 118 Å². The lowest BCUT2D eigenvalue weighted by Crippen LogP contribution is -2.44. The number of hydrogen-bond acceptors (Lipinski definition) is 4. The fourth-order valence-corrected chi connectivity index (χ4v) is 2.30. The standard InChI is InChI=1S/C13H22N2O5/c1-3-14(9-12(18)20-2)13(19)15-7-6-10(8-15)4-5-11(16)17/h10H,3-9H2,1-2H3,(H,16,17). The number of nitrogens with zero attached hydrogens (tertiary/aromatic N) is 2. The van der Waals surface area contributed by atoms with Crippen molar-refractivity contribution in [3.8, 4) is 0 Å². The summed E-state index contributed by atoms with van der Waals surface area (Å²) < 4.78 is 4.56. The molecule has 1 aliphatic heterocycles. The van der Waals surface area contributed by atoms with E-state index in [1.807, 2.05) is 0 Å². The summed E-state index contributed by atoms with van der Waals surface area (Å²) in [4.78, 5) is 37.1. The van der Waals surface area contributed by atoms with Gasteiger partial charge in [0.2, 0.25) is 0 Å². The van der Waals surface area contributed by atoms with Crippen LogP contribution >= 0.6 is 0 Å². The average molecular weight is 286 g/mol. The van der Waals surface area contributed by atoms with E-state index in [2.05, 4.69) is 4.74 Å². The smallest absolute Gasteiger partial charge is 0.325 e. The van der Waals surface area contributed by atoms with Gasteiger partial charge in [-0.2, -0.15) is 0 Å². The number of esters is 1. The molecule has 1 unspecified atom stereocenters. The number of carbonyl (C=O) groups excluding carboxylic acids is 2. The van der Waals surface area contributed by atoms with Crippen LogP contribution in [0.25, 0.3) is 0 Å². The van der Waals surface area contributed by atoms with Gasteiger partial charge in [-0.1, -0.05) is 0 Å². The third kappa shape index (κ3) is 4.71. The Morgan fingerprint density at radius 2 is 2.10 bits per heavy atom. The summed E-state index contributed by atoms with van der Waals surface area (Å²) in [5.74, 6) is -1.02. The van der Waals surface area contributed by atoms with E-state index in [1.54, 1.807) is 11.8 Å². The largest absolute Gasteiger partial charge is 0.481 e. The van der Waals surface area contributed by atoms with Gasteiger partial charge in [0.1, 0.15) is 6.54 Å². The number of hydrogen-bond donors (Lipinski definition) is 1. The summed E-state index contributed by atoms with van der Waals surface area (Å²) in [6.45, 7) is 3.36. The van der Waals surface area contributed by atoms with Crippen LogP contribution in [0.5, 0.6) is 0 Å². The third-order valence-electron chi connectivity index (χ3n) is 3.52. The number of carboxylic acid groups (broad SMARTS) is 1. The number of methoxy groups -OCH3 is 1. The molecule has 0 spiro atoms. The van der Waals surface area contributed by atoms with E-state index in [1.165, 1.54) is 12.0 Å². The number of carbonyl (C=O) groups is 3. The molecule has 7 heteroatoms. The highest BCUT2D eigenvalue weighted by Crippen LogP contribution is 2.22. The first-order valence-electron chi connectivity index (χ1n) is 6.80. The first-order valence-corrected chi connectivity index (χ1v) is 6.80. The summed E-state index contributed by atoms with van der Waals surface area (Å²) in [6, 6.07) is -0.185. The topological polar surface area (TPSA) is 87.2 Å². The highest BCUT2D eigenvalue weighted by Gasteiger charge is 2.29. The van der Waals surface area contributed by atoms with Gasteiger partial charge in [0, 0.05) is 26.1 Å². The summed E-state index contributed by atoms with van der Waals surface area (Å²) in [5, 5.41) is 8.66. The number of carboxylic acids is 1. The second-order valence-corrected chi connectivity index (χ2v) is 4.91. The lowest BCUT2D eigenvalue weighted by atomic mass is 10.0. The van der Waals surface area contributed by atoms with E-state index >= 15 is 0 Å². The molecule has 1 N–H and O–H groups in total. The van der Waals surface area contributed by atoms with Crippen LogP contribution in [0.4, 0.5) is 4.79 Å². The number of ether oxygens (including phenoxy) is 1. The van der Waals surface area contributed by atoms with Crippen molar-refractivity contribution in [2.45, 2.75) is 26.2 Å². The SMILES string of the molecule is CCN(CC(=O)OC)C(=O)N1CCC(CCC(=O)O)C1. The van der Waals surface area contributed by atoms with Gasteiger partial charge in [-0.25, -0.2) is 4.79 Å². The Morgan fingerprint density at radius 1 is 1.40 bits per heavy atom. The zero-order valence-corrected chi connectivity index (χ0v) is 12.0. The molecular weight excluding hydrogens is 264 g/mol. The molecule has 0 aromatic heterocycles. The van der Waals surface area contributed by atoms with Crippen LogP contribution in [-0.2, 0) is 14.3 Å². The number of urea groups is 1. The van der Waals surface area contributed by atoms with Gasteiger partial charge in [-0.15, -0.1) is 0 Å². The van der Waals surface area contributed by atoms with Gasteiger partial charge >= 0.3 is 18.0 Å². The summed E-state index contributed by atoms with van der Waals surface area (Å²) in [6.07, 6.45) is 1.53. The van der Waals surface area contributed by atoms with Crippen molar-refractivity contribution in [2.24, 2.45) is 5.92 Å². The molecule has 20 heavy (non-hydrogen) atoms. The van der Waals surface area contributed by atoms with Crippen LogP contribution in [0.1, 0.15) is 26.2 Å². The zero-order chi connectivity index (χ0) is 15.1. The lowest BCUT2D eigenvalue weighted by molar-refractivity contribution is -0.141. The van der Waals surface area contributed by atoms with E-state index in [0.29, 0.717) is 26.1 Å². The molecule has 1 atom stereocenters. The monoisotopic (exact) mass is 286 g/mol. The Bertz CT molecular complexity index is 372. The molecule has 1 saturated heterocycles. The van der Waals surface area contributed by atoms with E-state index < -0.39 is 11.9 Å². The van der Waals surface area contributed by atoms with Crippen LogP contribution in [0, 0.1) is 5.92 Å². The van der Waals surface area contributed by atoms with Crippen LogP contribution in [0.15, 0.2) is 0 Å². The first-order chi connectivity index (χ1) is 9.47. The summed E-state index contributed by atoms with van der Waals surface area (Å²) in [5.41, 5.74) is 0. The Kier molecular flexibility index (Phi) is 6.27. The summed E-state index contributed by atoms with van der Waals surface area (Å²) in [7, 11) is 1.29. The molecule has 0 radical (unpaired) electrons. The predicted molar refractivity (Wildman–Crippen MR) is 71.2 cm³/mol. The first kappa shape index (κ1) is 16.3. The van der Waals surface area contributed by atoms with E-state index in [-0.39, 0.29) is 24.9 Å². The van der Waals surface area contributed by atoms with Crippen molar-refractivity contribution in [3.05, 3.63) is 0 Å². The molecular formula is C13H22N2O5. The molecule has 0 aromatic carbocycles. The lowest BCUT2D eigenvalue weighted by Gasteiger charge is -2.26. The van der Waals surface area contributed by atoms with Gasteiger partial charge in [0.15, 0.2) is 0 Å². The van der Waals surface area contributed by atoms with Crippen molar-refractivity contribution < 1.29 is 24.2 Å². The number of rotatable bonds is 6. The van der Waals surface area contributed by atoms with Crippen molar-refractivity contribution in [1.29, 1.82) is 0 Å². The number of aliphatic carboxylic acids is 1. The van der Waals surface area contributed by atoms with Crippen molar-refractivity contribution in [3.63, 3.8) is 0 Å². The fourth-order valence-electron chi connectivity index (χ4n) is 2.30. The predicted octanol–water partition coefficient (Wildman–Crippen LogP) is 0.788. The molecule has 0 aromatic rings. The van der Waals surface area contributed by atoms with Crippen LogP contribution in [0.2, 0.25) is 0 Å². The van der Waals surface area contributed by atoms with Gasteiger partial charge < -0.3 is 19.6 Å². The average Bonchev–Trinajstić information content (AvgIpc) is 2.90. The normalized spacial score (nSPS) is 17.9. The van der Waals surface area contributed by atoms with E-state index in [4.69, 9.17) is 5.11 Å². The molecule has 1 aliphatic rings. The minimum Gasteiger partial charge on any atom is -0.481 e. The molecule has 114 valence electrons. The van der Waals surface area contributed by atoms with Crippen LogP contribution < -0.4 is 0 Å². The van der Waals surface area contributed by atoms with E-state index in [0.717, 1.165) is 6.42 Å². The highest BCUT2D eigenvalue weighted by molar-refractivity contribution is 5.81. The van der Waals surface area contributed by atoms with Gasteiger partial charge in [0.05, 0.1) is 7.11 Å². The molecule has 2 amide bonds. The van der Waals surface area contributed by atoms with Gasteiger partial charge in [-0.05, 0) is 25.7 Å². The molecule has 0 bridgehead atoms. The quantitative estimate of drug-likeness (QED) is 0.729. The molecule has 7 nitrogen and oxygen atoms in total. The molecule has 1 rings (SSSR count). The second-order valence-electron chi connectivity index (χ2n) is 4.91. The Morgan fingerprint density at radius 3 is 2.65 bits per heavy atom. The van der Waals surface area contributed by atoms with Gasteiger partial charge in [0.25, 0.3) is 0 Å². The number of amides is 2. The summed E-state index contributed by atoms with van der Waals surface area (Å²) >= 11 is 0. The molecule has 1 fully saturated rings. The van der Waals surface area contributed by atoms with Crippen molar-refractivity contribution in [2.75, 3.05) is 33.3 Å². The van der Waals surface area contributed by atoms with Gasteiger partial charge in [-0.3, -0.25) is 9.59 Å². The fraction of sp³-hybridized carbons (Fsp3) is 0.769. The minimum absolute atomic E-state index is 0.0534. The van der Waals surface area contributed by atoms with Crippen LogP contribution in [-0.4, -0.2) is 66.2 Å². The molecule has 1 heterocycles. The minimum atomic E-state index is -0.810. The van der Waals surface area contributed by atoms with Crippen molar-refractivity contribution >= 4 is 18.0 Å². The maximum absolute atomic E-state index is 12.2.